The predicted octanol–water partition coefficient (Wildman–Crippen LogP) is 4.08. The Bertz CT molecular complexity index is 675. The average Bonchev–Trinajstić information content (AvgIpc) is 2.63. The van der Waals surface area contributed by atoms with E-state index in [2.05, 4.69) is 17.2 Å². The maximum Gasteiger partial charge on any atom is 0.419 e. The summed E-state index contributed by atoms with van der Waals surface area (Å²) >= 11 is 6.06. The number of H-pyrrole nitrogens is 1. The number of pyridine rings is 1. The number of aromatic amines is 1. The quantitative estimate of drug-likeness (QED) is 0.825. The van der Waals surface area contributed by atoms with Crippen LogP contribution in [0.25, 0.3) is 0 Å². The molecule has 1 saturated carbocycles. The van der Waals surface area contributed by atoms with Crippen LogP contribution in [0.5, 0.6) is 0 Å². The van der Waals surface area contributed by atoms with Gasteiger partial charge < -0.3 is 5.32 Å². The molecule has 0 radical (unpaired) electrons. The van der Waals surface area contributed by atoms with E-state index in [4.69, 9.17) is 11.6 Å². The minimum atomic E-state index is -4.43. The molecule has 0 unspecified atom stereocenters. The highest BCUT2D eigenvalue weighted by atomic mass is 35.5. The van der Waals surface area contributed by atoms with E-state index in [0.29, 0.717) is 37.7 Å². The second-order valence-corrected chi connectivity index (χ2v) is 8.13. The number of nitrogens with zero attached hydrogens (tertiary/aromatic N) is 1. The predicted molar refractivity (Wildman–Crippen MR) is 97.5 cm³/mol. The Hall–Kier alpha value is -1.50. The smallest absolute Gasteiger partial charge is 0.353 e. The van der Waals surface area contributed by atoms with E-state index in [-0.39, 0.29) is 22.9 Å². The number of halogens is 4. The van der Waals surface area contributed by atoms with Crippen LogP contribution >= 0.6 is 11.6 Å². The van der Waals surface area contributed by atoms with Gasteiger partial charge in [0.15, 0.2) is 0 Å². The van der Waals surface area contributed by atoms with Crippen molar-refractivity contribution >= 4 is 23.3 Å². The van der Waals surface area contributed by atoms with Gasteiger partial charge in [-0.05, 0) is 37.7 Å². The fraction of sp³-hybridized carbons (Fsp3) is 0.684. The maximum atomic E-state index is 12.8. The van der Waals surface area contributed by atoms with Crippen molar-refractivity contribution in [3.8, 4) is 0 Å². The fourth-order valence-electron chi connectivity index (χ4n) is 4.06. The first kappa shape index (κ1) is 20.2. The highest BCUT2D eigenvalue weighted by Gasteiger charge is 2.36. The molecule has 1 saturated heterocycles. The van der Waals surface area contributed by atoms with Crippen molar-refractivity contribution < 1.29 is 22.9 Å². The van der Waals surface area contributed by atoms with Crippen molar-refractivity contribution in [3.63, 3.8) is 0 Å². The molecule has 2 heterocycles. The minimum Gasteiger partial charge on any atom is -0.353 e. The summed E-state index contributed by atoms with van der Waals surface area (Å²) in [5, 5.41) is 3.26. The number of carbonyl (C=O) groups is 1. The highest BCUT2D eigenvalue weighted by molar-refractivity contribution is 6.32. The Morgan fingerprint density at radius 3 is 2.48 bits per heavy atom. The van der Waals surface area contributed by atoms with Crippen LogP contribution in [0.15, 0.2) is 12.3 Å². The third-order valence-corrected chi connectivity index (χ3v) is 6.11. The molecule has 1 aromatic rings. The zero-order valence-corrected chi connectivity index (χ0v) is 16.2. The van der Waals surface area contributed by atoms with Crippen LogP contribution in [0.2, 0.25) is 5.02 Å². The summed E-state index contributed by atoms with van der Waals surface area (Å²) in [4.78, 5) is 17.2. The normalized spacial score (nSPS) is 24.7. The molecular weight excluding hydrogens is 379 g/mol. The van der Waals surface area contributed by atoms with Gasteiger partial charge in [0.2, 0.25) is 5.91 Å². The third kappa shape index (κ3) is 4.86. The third-order valence-electron chi connectivity index (χ3n) is 5.82. The Balaban J connectivity index is 1.56. The van der Waals surface area contributed by atoms with Gasteiger partial charge in [-0.15, -0.1) is 0 Å². The lowest BCUT2D eigenvalue weighted by Crippen LogP contribution is -2.47. The number of alkyl halides is 3. The molecule has 27 heavy (non-hydrogen) atoms. The molecule has 150 valence electrons. The van der Waals surface area contributed by atoms with Crippen LogP contribution in [0, 0.1) is 11.8 Å². The number of piperidine rings is 1. The Morgan fingerprint density at radius 1 is 1.22 bits per heavy atom. The van der Waals surface area contributed by atoms with Gasteiger partial charge in [-0.2, -0.15) is 13.2 Å². The number of rotatable bonds is 3. The summed E-state index contributed by atoms with van der Waals surface area (Å²) in [6, 6.07) is 1.21. The van der Waals surface area contributed by atoms with E-state index in [1.54, 1.807) is 0 Å². The standard InChI is InChI=1S/C19H25ClF3N3O/c1-12-4-2-3-5-16(12)25-18(27)13-6-8-26(9-7-13)17-15(20)10-14(11-24-17)19(21,22)23/h10-13,16H,2-9H2,1H3,(H,25,27)/p+1/t12-,16+/m1/s1. The lowest BCUT2D eigenvalue weighted by Gasteiger charge is -2.32. The molecule has 3 rings (SSSR count). The van der Waals surface area contributed by atoms with Gasteiger partial charge in [0.25, 0.3) is 5.82 Å². The molecule has 1 amide bonds. The van der Waals surface area contributed by atoms with Crippen LogP contribution in [0.4, 0.5) is 19.0 Å². The first-order valence-corrected chi connectivity index (χ1v) is 9.97. The topological polar surface area (TPSA) is 46.5 Å². The number of aromatic nitrogens is 1. The van der Waals surface area contributed by atoms with E-state index in [1.165, 1.54) is 6.42 Å². The van der Waals surface area contributed by atoms with Gasteiger partial charge in [-0.25, -0.2) is 4.98 Å². The van der Waals surface area contributed by atoms with Gasteiger partial charge >= 0.3 is 6.18 Å². The van der Waals surface area contributed by atoms with Crippen molar-refractivity contribution in [3.05, 3.63) is 22.8 Å². The molecule has 4 nitrogen and oxygen atoms in total. The molecule has 1 aromatic heterocycles. The molecule has 8 heteroatoms. The molecule has 2 atom stereocenters. The van der Waals surface area contributed by atoms with Crippen LogP contribution in [-0.4, -0.2) is 25.0 Å². The molecule has 2 aliphatic rings. The molecule has 1 aliphatic carbocycles. The van der Waals surface area contributed by atoms with Crippen molar-refractivity contribution in [1.82, 2.24) is 5.32 Å². The summed E-state index contributed by atoms with van der Waals surface area (Å²) in [6.45, 7) is 3.36. The second-order valence-electron chi connectivity index (χ2n) is 7.72. The fourth-order valence-corrected chi connectivity index (χ4v) is 4.36. The maximum absolute atomic E-state index is 12.8. The van der Waals surface area contributed by atoms with Crippen molar-refractivity contribution in [2.75, 3.05) is 18.0 Å². The van der Waals surface area contributed by atoms with Gasteiger partial charge in [0, 0.05) is 12.0 Å². The lowest BCUT2D eigenvalue weighted by molar-refractivity contribution is -0.367. The van der Waals surface area contributed by atoms with E-state index in [0.717, 1.165) is 31.5 Å². The van der Waals surface area contributed by atoms with Crippen LogP contribution in [0.3, 0.4) is 0 Å². The largest absolute Gasteiger partial charge is 0.419 e. The molecule has 2 N–H and O–H groups in total. The molecule has 1 aliphatic heterocycles. The van der Waals surface area contributed by atoms with Gasteiger partial charge in [-0.1, -0.05) is 31.4 Å². The number of amides is 1. The number of hydrogen-bond donors (Lipinski definition) is 1. The number of nitrogens with one attached hydrogen (secondary N) is 2. The molecule has 0 spiro atoms. The number of anilines is 1. The molecule has 0 bridgehead atoms. The monoisotopic (exact) mass is 404 g/mol. The van der Waals surface area contributed by atoms with Crippen molar-refractivity contribution in [2.24, 2.45) is 11.8 Å². The summed E-state index contributed by atoms with van der Waals surface area (Å²) < 4.78 is 38.3. The van der Waals surface area contributed by atoms with E-state index < -0.39 is 11.7 Å². The zero-order valence-electron chi connectivity index (χ0n) is 15.4. The van der Waals surface area contributed by atoms with Crippen molar-refractivity contribution in [1.29, 1.82) is 0 Å². The molecular formula is C19H26ClF3N3O+. The summed E-state index contributed by atoms with van der Waals surface area (Å²) in [7, 11) is 0. The summed E-state index contributed by atoms with van der Waals surface area (Å²) in [5.41, 5.74) is -0.799. The highest BCUT2D eigenvalue weighted by Crippen LogP contribution is 2.33. The summed E-state index contributed by atoms with van der Waals surface area (Å²) in [5.74, 6) is 1.05. The molecule has 2 fully saturated rings. The van der Waals surface area contributed by atoms with E-state index in [9.17, 15) is 18.0 Å². The number of carbonyl (C=O) groups excluding carboxylic acids is 1. The number of hydrogen-bond acceptors (Lipinski definition) is 2. The average molecular weight is 405 g/mol. The Morgan fingerprint density at radius 2 is 1.89 bits per heavy atom. The minimum absolute atomic E-state index is 0.0451. The first-order valence-electron chi connectivity index (χ1n) is 9.59. The van der Waals surface area contributed by atoms with E-state index in [1.807, 2.05) is 4.90 Å². The van der Waals surface area contributed by atoms with Gasteiger partial charge in [0.1, 0.15) is 11.2 Å². The zero-order chi connectivity index (χ0) is 19.6. The van der Waals surface area contributed by atoms with Crippen molar-refractivity contribution in [2.45, 2.75) is 57.7 Å². The molecule has 0 aromatic carbocycles. The SMILES string of the molecule is C[C@@H]1CCCC[C@@H]1NC(=O)C1CCN(c2[nH+]cc(C(F)(F)F)cc2Cl)CC1. The van der Waals surface area contributed by atoms with Crippen LogP contribution in [-0.2, 0) is 11.0 Å². The Kier molecular flexibility index (Phi) is 6.18. The van der Waals surface area contributed by atoms with Crippen LogP contribution in [0.1, 0.15) is 51.0 Å². The van der Waals surface area contributed by atoms with Gasteiger partial charge in [0.05, 0.1) is 18.7 Å². The Labute approximate surface area is 162 Å². The van der Waals surface area contributed by atoms with Gasteiger partial charge in [-0.3, -0.25) is 9.69 Å². The summed E-state index contributed by atoms with van der Waals surface area (Å²) in [6.07, 6.45) is 2.43. The second kappa shape index (κ2) is 8.25. The van der Waals surface area contributed by atoms with E-state index >= 15 is 0 Å². The first-order chi connectivity index (χ1) is 12.8. The lowest BCUT2D eigenvalue weighted by atomic mass is 9.85. The van der Waals surface area contributed by atoms with Crippen LogP contribution < -0.4 is 15.2 Å².